The minimum absolute atomic E-state index is 0.208. The Morgan fingerprint density at radius 1 is 1.12 bits per heavy atom. The number of hydrogen-bond acceptors (Lipinski definition) is 1. The molecule has 0 fully saturated rings. The first-order chi connectivity index (χ1) is 7.21. The molecular weight excluding hydrogens is 255 g/mol. The van der Waals surface area contributed by atoms with Crippen LogP contribution in [0.5, 0.6) is 5.75 Å². The van der Waals surface area contributed by atoms with Gasteiger partial charge in [-0.3, -0.25) is 0 Å². The van der Waals surface area contributed by atoms with Crippen LogP contribution in [-0.2, 0) is 0 Å². The van der Waals surface area contributed by atoms with Crippen molar-refractivity contribution >= 4 is 17.4 Å². The van der Waals surface area contributed by atoms with Crippen LogP contribution in [0, 0.1) is 0 Å². The van der Waals surface area contributed by atoms with Gasteiger partial charge in [-0.1, -0.05) is 11.6 Å². The normalized spacial score (nSPS) is 13.6. The van der Waals surface area contributed by atoms with E-state index in [1.54, 1.807) is 0 Å². The summed E-state index contributed by atoms with van der Waals surface area (Å²) in [6.07, 6.45) is -5.41. The van der Waals surface area contributed by atoms with E-state index >= 15 is 0 Å². The fraction of sp³-hybridized carbons (Fsp3) is 0.111. The second-order valence-corrected chi connectivity index (χ2v) is 3.26. The second-order valence-electron chi connectivity index (χ2n) is 2.82. The largest absolute Gasteiger partial charge is 0.508 e. The summed E-state index contributed by atoms with van der Waals surface area (Å²) in [6.45, 7) is 0. The predicted molar refractivity (Wildman–Crippen MR) is 48.3 cm³/mol. The summed E-state index contributed by atoms with van der Waals surface area (Å²) in [5.74, 6) is -5.55. The van der Waals surface area contributed by atoms with Gasteiger partial charge in [-0.15, -0.1) is 0 Å². The Kier molecular flexibility index (Phi) is 3.42. The SMILES string of the molecule is Oc1cc(Cl)cc(/C(F)=C(\F)C(F)(F)F)c1. The van der Waals surface area contributed by atoms with Gasteiger partial charge in [-0.2, -0.15) is 17.6 Å². The Morgan fingerprint density at radius 2 is 1.69 bits per heavy atom. The standard InChI is InChI=1S/C9H4ClF5O/c10-5-1-4(2-6(16)3-5)7(11)8(12)9(13,14)15/h1-3,16H/b8-7+. The van der Waals surface area contributed by atoms with E-state index in [0.29, 0.717) is 6.07 Å². The maximum Gasteiger partial charge on any atom is 0.445 e. The van der Waals surface area contributed by atoms with Crippen molar-refractivity contribution in [1.29, 1.82) is 0 Å². The fourth-order valence-corrected chi connectivity index (χ4v) is 1.18. The van der Waals surface area contributed by atoms with Gasteiger partial charge in [0.1, 0.15) is 5.75 Å². The maximum absolute atomic E-state index is 13.0. The molecule has 0 radical (unpaired) electrons. The molecule has 1 aromatic rings. The van der Waals surface area contributed by atoms with E-state index in [0.717, 1.165) is 12.1 Å². The molecule has 0 aliphatic rings. The highest BCUT2D eigenvalue weighted by Gasteiger charge is 2.38. The van der Waals surface area contributed by atoms with E-state index in [-0.39, 0.29) is 5.02 Å². The molecule has 1 nitrogen and oxygen atoms in total. The smallest absolute Gasteiger partial charge is 0.445 e. The van der Waals surface area contributed by atoms with Crippen LogP contribution >= 0.6 is 11.6 Å². The monoisotopic (exact) mass is 258 g/mol. The third-order valence-corrected chi connectivity index (χ3v) is 1.80. The number of rotatable bonds is 1. The van der Waals surface area contributed by atoms with Crippen molar-refractivity contribution in [2.45, 2.75) is 6.18 Å². The molecular formula is C9H4ClF5O. The third-order valence-electron chi connectivity index (χ3n) is 1.58. The molecule has 7 heteroatoms. The quantitative estimate of drug-likeness (QED) is 0.748. The van der Waals surface area contributed by atoms with Crippen LogP contribution in [0.4, 0.5) is 22.0 Å². The van der Waals surface area contributed by atoms with Crippen LogP contribution in [-0.4, -0.2) is 11.3 Å². The summed E-state index contributed by atoms with van der Waals surface area (Å²) in [6, 6.07) is 2.37. The van der Waals surface area contributed by atoms with Gasteiger partial charge in [-0.25, -0.2) is 4.39 Å². The van der Waals surface area contributed by atoms with Gasteiger partial charge in [0.2, 0.25) is 5.83 Å². The lowest BCUT2D eigenvalue weighted by atomic mass is 10.1. The Labute approximate surface area is 91.8 Å². The van der Waals surface area contributed by atoms with E-state index in [9.17, 15) is 22.0 Å². The van der Waals surface area contributed by atoms with Gasteiger partial charge < -0.3 is 5.11 Å². The summed E-state index contributed by atoms with van der Waals surface area (Å²) in [4.78, 5) is 0. The number of benzene rings is 1. The van der Waals surface area contributed by atoms with Crippen molar-refractivity contribution in [3.8, 4) is 5.75 Å². The topological polar surface area (TPSA) is 20.2 Å². The van der Waals surface area contributed by atoms with E-state index in [4.69, 9.17) is 16.7 Å². The van der Waals surface area contributed by atoms with Gasteiger partial charge in [0.25, 0.3) is 0 Å². The van der Waals surface area contributed by atoms with Gasteiger partial charge in [0.05, 0.1) is 0 Å². The molecule has 1 rings (SSSR count). The molecule has 0 bridgehead atoms. The number of aromatic hydroxyl groups is 1. The van der Waals surface area contributed by atoms with Crippen molar-refractivity contribution < 1.29 is 27.1 Å². The van der Waals surface area contributed by atoms with Gasteiger partial charge >= 0.3 is 6.18 Å². The summed E-state index contributed by atoms with van der Waals surface area (Å²) in [7, 11) is 0. The molecule has 0 saturated heterocycles. The molecule has 16 heavy (non-hydrogen) atoms. The van der Waals surface area contributed by atoms with Crippen molar-refractivity contribution in [3.63, 3.8) is 0 Å². The van der Waals surface area contributed by atoms with Crippen molar-refractivity contribution in [3.05, 3.63) is 34.6 Å². The van der Waals surface area contributed by atoms with Crippen LogP contribution in [0.2, 0.25) is 5.02 Å². The molecule has 0 spiro atoms. The molecule has 0 aromatic heterocycles. The zero-order valence-electron chi connectivity index (χ0n) is 7.45. The van der Waals surface area contributed by atoms with Crippen molar-refractivity contribution in [2.75, 3.05) is 0 Å². The Balaban J connectivity index is 3.29. The van der Waals surface area contributed by atoms with Crippen LogP contribution in [0.1, 0.15) is 5.56 Å². The first kappa shape index (κ1) is 12.8. The Hall–Kier alpha value is -1.30. The van der Waals surface area contributed by atoms with E-state index in [1.807, 2.05) is 0 Å². The number of halogens is 6. The van der Waals surface area contributed by atoms with Gasteiger partial charge in [0.15, 0.2) is 5.83 Å². The summed E-state index contributed by atoms with van der Waals surface area (Å²) >= 11 is 5.36. The Bertz CT molecular complexity index is 418. The number of allylic oxidation sites excluding steroid dienone is 1. The van der Waals surface area contributed by atoms with Gasteiger partial charge in [-0.05, 0) is 18.2 Å². The lowest BCUT2D eigenvalue weighted by Gasteiger charge is -2.06. The predicted octanol–water partition coefficient (Wildman–Crippen LogP) is 4.22. The summed E-state index contributed by atoms with van der Waals surface area (Å²) < 4.78 is 61.0. The van der Waals surface area contributed by atoms with Crippen LogP contribution in [0.3, 0.4) is 0 Å². The van der Waals surface area contributed by atoms with Crippen LogP contribution < -0.4 is 0 Å². The van der Waals surface area contributed by atoms with Crippen LogP contribution in [0.15, 0.2) is 24.0 Å². The van der Waals surface area contributed by atoms with Crippen LogP contribution in [0.25, 0.3) is 5.83 Å². The van der Waals surface area contributed by atoms with E-state index < -0.39 is 29.1 Å². The minimum Gasteiger partial charge on any atom is -0.508 e. The number of phenols is 1. The first-order valence-corrected chi connectivity index (χ1v) is 4.22. The molecule has 0 aliphatic heterocycles. The minimum atomic E-state index is -5.41. The maximum atomic E-state index is 13.0. The number of hydrogen-bond donors (Lipinski definition) is 1. The molecule has 1 aromatic carbocycles. The number of phenolic OH excluding ortho intramolecular Hbond substituents is 1. The van der Waals surface area contributed by atoms with Crippen molar-refractivity contribution in [1.82, 2.24) is 0 Å². The summed E-state index contributed by atoms with van der Waals surface area (Å²) in [5.41, 5.74) is -0.778. The third kappa shape index (κ3) is 2.85. The van der Waals surface area contributed by atoms with E-state index in [2.05, 4.69) is 0 Å². The zero-order valence-corrected chi connectivity index (χ0v) is 8.20. The Morgan fingerprint density at radius 3 is 2.12 bits per heavy atom. The number of alkyl halides is 3. The molecule has 0 unspecified atom stereocenters. The average molecular weight is 259 g/mol. The summed E-state index contributed by atoms with van der Waals surface area (Å²) in [5, 5.41) is 8.74. The van der Waals surface area contributed by atoms with Gasteiger partial charge in [0, 0.05) is 10.6 Å². The highest BCUT2D eigenvalue weighted by molar-refractivity contribution is 6.30. The lowest BCUT2D eigenvalue weighted by molar-refractivity contribution is -0.108. The average Bonchev–Trinajstić information content (AvgIpc) is 2.12. The lowest BCUT2D eigenvalue weighted by Crippen LogP contribution is -2.09. The molecule has 0 atom stereocenters. The fourth-order valence-electron chi connectivity index (χ4n) is 0.952. The molecule has 0 amide bonds. The van der Waals surface area contributed by atoms with Crippen molar-refractivity contribution in [2.24, 2.45) is 0 Å². The zero-order chi connectivity index (χ0) is 12.5. The second kappa shape index (κ2) is 4.29. The molecule has 0 aliphatic carbocycles. The highest BCUT2D eigenvalue weighted by atomic mass is 35.5. The molecule has 88 valence electrons. The first-order valence-electron chi connectivity index (χ1n) is 3.84. The molecule has 0 saturated carbocycles. The molecule has 1 N–H and O–H groups in total. The van der Waals surface area contributed by atoms with E-state index in [1.165, 1.54) is 0 Å². The molecule has 0 heterocycles. The highest BCUT2D eigenvalue weighted by Crippen LogP contribution is 2.35.